The third-order valence-corrected chi connectivity index (χ3v) is 7.91. The van der Waals surface area contributed by atoms with E-state index in [9.17, 15) is 0 Å². The van der Waals surface area contributed by atoms with E-state index in [4.69, 9.17) is 15.0 Å². The van der Waals surface area contributed by atoms with Crippen LogP contribution < -0.4 is 0 Å². The Kier molecular flexibility index (Phi) is 6.00. The maximum atomic E-state index is 5.10. The van der Waals surface area contributed by atoms with Gasteiger partial charge in [0.2, 0.25) is 0 Å². The number of rotatable bonds is 5. The van der Waals surface area contributed by atoms with Crippen LogP contribution >= 0.6 is 11.3 Å². The van der Waals surface area contributed by atoms with Crippen LogP contribution in [0.15, 0.2) is 140 Å². The fraction of sp³-hybridized carbons (Fsp3) is 0. The average molecular weight is 518 g/mol. The van der Waals surface area contributed by atoms with Gasteiger partial charge in [-0.15, -0.1) is 11.3 Å². The molecular weight excluding hydrogens is 494 g/mol. The smallest absolute Gasteiger partial charge is 0.161 e. The van der Waals surface area contributed by atoms with E-state index in [-0.39, 0.29) is 0 Å². The van der Waals surface area contributed by atoms with Crippen LogP contribution in [0.4, 0.5) is 0 Å². The number of fused-ring (bicyclic) bond motifs is 1. The maximum absolute atomic E-state index is 5.10. The Bertz CT molecular complexity index is 1840. The molecule has 7 rings (SSSR count). The number of hydrogen-bond donors (Lipinski definition) is 0. The molecule has 39 heavy (non-hydrogen) atoms. The number of hydrogen-bond acceptors (Lipinski definition) is 4. The van der Waals surface area contributed by atoms with Crippen molar-refractivity contribution in [2.75, 3.05) is 0 Å². The molecule has 2 aromatic heterocycles. The van der Waals surface area contributed by atoms with Crippen LogP contribution in [0.2, 0.25) is 0 Å². The van der Waals surface area contributed by atoms with Gasteiger partial charge < -0.3 is 0 Å². The first-order chi connectivity index (χ1) is 19.3. The molecule has 0 saturated carbocycles. The minimum atomic E-state index is 0.704. The molecule has 0 aliphatic rings. The molecule has 7 aromatic rings. The minimum Gasteiger partial charge on any atom is -0.236 e. The molecule has 0 spiro atoms. The van der Waals surface area contributed by atoms with Gasteiger partial charge in [0, 0.05) is 27.8 Å². The molecule has 0 N–H and O–H groups in total. The van der Waals surface area contributed by atoms with Crippen molar-refractivity contribution in [3.05, 3.63) is 140 Å². The van der Waals surface area contributed by atoms with Crippen molar-refractivity contribution < 1.29 is 0 Å². The number of aromatic nitrogens is 3. The van der Waals surface area contributed by atoms with Crippen molar-refractivity contribution in [3.63, 3.8) is 0 Å². The molecule has 0 saturated heterocycles. The zero-order valence-electron chi connectivity index (χ0n) is 21.0. The molecule has 4 heteroatoms. The number of nitrogens with zero attached hydrogens (tertiary/aromatic N) is 3. The van der Waals surface area contributed by atoms with Crippen LogP contribution in [0, 0.1) is 0 Å². The van der Waals surface area contributed by atoms with Gasteiger partial charge in [0.1, 0.15) is 5.01 Å². The molecule has 0 bridgehead atoms. The molecule has 3 nitrogen and oxygen atoms in total. The SMILES string of the molecule is c1ccc(-c2cc(-c3ccccc3)nc(-c3ccccc3-c3cccc4nc(-c5ccccc5)sc34)n2)cc1. The summed E-state index contributed by atoms with van der Waals surface area (Å²) in [5.74, 6) is 0.704. The minimum absolute atomic E-state index is 0.704. The summed E-state index contributed by atoms with van der Waals surface area (Å²) >= 11 is 1.72. The van der Waals surface area contributed by atoms with Gasteiger partial charge in [-0.1, -0.05) is 127 Å². The van der Waals surface area contributed by atoms with Crippen LogP contribution in [0.5, 0.6) is 0 Å². The Hall–Kier alpha value is -4.93. The number of thiazole rings is 1. The largest absolute Gasteiger partial charge is 0.236 e. The predicted octanol–water partition coefficient (Wildman–Crippen LogP) is 9.42. The van der Waals surface area contributed by atoms with E-state index in [2.05, 4.69) is 97.1 Å². The van der Waals surface area contributed by atoms with Crippen LogP contribution in [0.1, 0.15) is 0 Å². The highest BCUT2D eigenvalue weighted by molar-refractivity contribution is 7.22. The Labute approximate surface area is 231 Å². The van der Waals surface area contributed by atoms with Gasteiger partial charge in [-0.05, 0) is 17.7 Å². The van der Waals surface area contributed by atoms with Gasteiger partial charge in [0.15, 0.2) is 5.82 Å². The van der Waals surface area contributed by atoms with E-state index in [1.165, 1.54) is 0 Å². The lowest BCUT2D eigenvalue weighted by atomic mass is 9.98. The van der Waals surface area contributed by atoms with Crippen molar-refractivity contribution in [2.24, 2.45) is 0 Å². The van der Waals surface area contributed by atoms with E-state index in [1.807, 2.05) is 42.5 Å². The van der Waals surface area contributed by atoms with Crippen LogP contribution in [0.3, 0.4) is 0 Å². The molecule has 0 aliphatic carbocycles. The van der Waals surface area contributed by atoms with Gasteiger partial charge in [-0.3, -0.25) is 0 Å². The third-order valence-electron chi connectivity index (χ3n) is 6.76. The zero-order valence-corrected chi connectivity index (χ0v) is 21.8. The fourth-order valence-corrected chi connectivity index (χ4v) is 5.96. The highest BCUT2D eigenvalue weighted by Crippen LogP contribution is 2.40. The lowest BCUT2D eigenvalue weighted by Gasteiger charge is -2.13. The van der Waals surface area contributed by atoms with Crippen molar-refractivity contribution >= 4 is 21.6 Å². The second-order valence-corrected chi connectivity index (χ2v) is 10.3. The molecule has 184 valence electrons. The van der Waals surface area contributed by atoms with E-state index < -0.39 is 0 Å². The fourth-order valence-electron chi connectivity index (χ4n) is 4.86. The van der Waals surface area contributed by atoms with Gasteiger partial charge in [0.25, 0.3) is 0 Å². The zero-order chi connectivity index (χ0) is 26.0. The average Bonchev–Trinajstić information content (AvgIpc) is 3.47. The van der Waals surface area contributed by atoms with E-state index >= 15 is 0 Å². The lowest BCUT2D eigenvalue weighted by Crippen LogP contribution is -1.97. The Balaban J connectivity index is 1.43. The quantitative estimate of drug-likeness (QED) is 0.228. The third kappa shape index (κ3) is 4.52. The summed E-state index contributed by atoms with van der Waals surface area (Å²) in [7, 11) is 0. The molecular formula is C35H23N3S. The predicted molar refractivity (Wildman–Crippen MR) is 162 cm³/mol. The van der Waals surface area contributed by atoms with Crippen LogP contribution in [0.25, 0.3) is 65.8 Å². The normalized spacial score (nSPS) is 11.1. The molecule has 0 radical (unpaired) electrons. The topological polar surface area (TPSA) is 38.7 Å². The van der Waals surface area contributed by atoms with Gasteiger partial charge >= 0.3 is 0 Å². The van der Waals surface area contributed by atoms with Crippen molar-refractivity contribution in [2.45, 2.75) is 0 Å². The highest BCUT2D eigenvalue weighted by Gasteiger charge is 2.17. The Morgan fingerprint density at radius 3 is 1.54 bits per heavy atom. The summed E-state index contributed by atoms with van der Waals surface area (Å²) in [6, 6.07) is 47.8. The first-order valence-electron chi connectivity index (χ1n) is 12.9. The summed E-state index contributed by atoms with van der Waals surface area (Å²) < 4.78 is 1.16. The molecule has 0 aliphatic heterocycles. The lowest BCUT2D eigenvalue weighted by molar-refractivity contribution is 1.18. The molecule has 0 atom stereocenters. The van der Waals surface area contributed by atoms with E-state index in [0.29, 0.717) is 5.82 Å². The molecule has 0 unspecified atom stereocenters. The van der Waals surface area contributed by atoms with Crippen LogP contribution in [-0.4, -0.2) is 15.0 Å². The second kappa shape index (κ2) is 10.1. The van der Waals surface area contributed by atoms with Crippen LogP contribution in [-0.2, 0) is 0 Å². The van der Waals surface area contributed by atoms with E-state index in [1.54, 1.807) is 11.3 Å². The molecule has 0 fully saturated rings. The Morgan fingerprint density at radius 2 is 0.923 bits per heavy atom. The summed E-state index contributed by atoms with van der Waals surface area (Å²) in [6.45, 7) is 0. The maximum Gasteiger partial charge on any atom is 0.161 e. The second-order valence-electron chi connectivity index (χ2n) is 9.28. The van der Waals surface area contributed by atoms with Crippen molar-refractivity contribution in [3.8, 4) is 55.6 Å². The van der Waals surface area contributed by atoms with E-state index in [0.717, 1.165) is 60.0 Å². The van der Waals surface area contributed by atoms with Gasteiger partial charge in [-0.2, -0.15) is 0 Å². The molecule has 0 amide bonds. The first-order valence-corrected chi connectivity index (χ1v) is 13.7. The molecule has 2 heterocycles. The summed E-state index contributed by atoms with van der Waals surface area (Å²) in [5.41, 5.74) is 9.27. The number of benzene rings is 5. The van der Waals surface area contributed by atoms with Crippen molar-refractivity contribution in [1.82, 2.24) is 15.0 Å². The highest BCUT2D eigenvalue weighted by atomic mass is 32.1. The van der Waals surface area contributed by atoms with Crippen molar-refractivity contribution in [1.29, 1.82) is 0 Å². The summed E-state index contributed by atoms with van der Waals surface area (Å²) in [6.07, 6.45) is 0. The standard InChI is InChI=1S/C35H23N3S/c1-4-13-24(14-5-1)31-23-32(25-15-6-2-7-16-25)37-34(36-31)29-20-11-10-19-27(29)28-21-12-22-30-33(28)39-35(38-30)26-17-8-3-9-18-26/h1-23H. The van der Waals surface area contributed by atoms with Gasteiger partial charge in [-0.25, -0.2) is 15.0 Å². The Morgan fingerprint density at radius 1 is 0.410 bits per heavy atom. The van der Waals surface area contributed by atoms with Gasteiger partial charge in [0.05, 0.1) is 21.6 Å². The first kappa shape index (κ1) is 23.2. The summed E-state index contributed by atoms with van der Waals surface area (Å²) in [5, 5.41) is 1.02. The molecule has 5 aromatic carbocycles. The summed E-state index contributed by atoms with van der Waals surface area (Å²) in [4.78, 5) is 15.2. The monoisotopic (exact) mass is 517 g/mol.